The molecule has 0 spiro atoms. The summed E-state index contributed by atoms with van der Waals surface area (Å²) >= 11 is 0. The second-order valence-corrected chi connectivity index (χ2v) is 2.33. The lowest BCUT2D eigenvalue weighted by molar-refractivity contribution is 0.378. The highest BCUT2D eigenvalue weighted by Gasteiger charge is 2.12. The van der Waals surface area contributed by atoms with E-state index in [1.807, 2.05) is 0 Å². The van der Waals surface area contributed by atoms with Crippen LogP contribution in [-0.4, -0.2) is 12.7 Å². The average Bonchev–Trinajstić information content (AvgIpc) is 1.95. The molecule has 1 unspecified atom stereocenters. The fraction of sp³-hybridized carbons (Fsp3) is 0.429. The maximum atomic E-state index is 12.6. The Labute approximate surface area is 59.4 Å². The van der Waals surface area contributed by atoms with Gasteiger partial charge in [0.1, 0.15) is 6.17 Å². The van der Waals surface area contributed by atoms with Gasteiger partial charge >= 0.3 is 0 Å². The van der Waals surface area contributed by atoms with Gasteiger partial charge in [-0.05, 0) is 11.6 Å². The van der Waals surface area contributed by atoms with Crippen molar-refractivity contribution in [2.75, 3.05) is 6.54 Å². The van der Waals surface area contributed by atoms with Crippen molar-refractivity contribution in [3.63, 3.8) is 0 Å². The number of hydrogen-bond donors (Lipinski definition) is 2. The van der Waals surface area contributed by atoms with Gasteiger partial charge in [-0.25, -0.2) is 4.39 Å². The normalized spacial score (nSPS) is 25.6. The van der Waals surface area contributed by atoms with Crippen LogP contribution in [0.1, 0.15) is 6.42 Å². The first-order valence-electron chi connectivity index (χ1n) is 3.24. The highest BCUT2D eigenvalue weighted by Crippen LogP contribution is 2.15. The van der Waals surface area contributed by atoms with Crippen LogP contribution in [0.15, 0.2) is 23.4 Å². The van der Waals surface area contributed by atoms with Crippen molar-refractivity contribution < 1.29 is 4.39 Å². The van der Waals surface area contributed by atoms with Crippen molar-refractivity contribution in [3.8, 4) is 0 Å². The summed E-state index contributed by atoms with van der Waals surface area (Å²) in [4.78, 5) is 0. The lowest BCUT2D eigenvalue weighted by Gasteiger charge is -2.12. The molecule has 1 rings (SSSR count). The summed E-state index contributed by atoms with van der Waals surface area (Å²) in [5, 5.41) is 0. The minimum absolute atomic E-state index is 0.294. The third kappa shape index (κ3) is 1.36. The van der Waals surface area contributed by atoms with Gasteiger partial charge in [0.25, 0.3) is 0 Å². The molecule has 10 heavy (non-hydrogen) atoms. The molecule has 1 aliphatic carbocycles. The van der Waals surface area contributed by atoms with Crippen LogP contribution in [0.2, 0.25) is 0 Å². The Kier molecular flexibility index (Phi) is 2.06. The number of hydrogen-bond acceptors (Lipinski definition) is 2. The molecular formula is C7H11FN2. The molecule has 2 nitrogen and oxygen atoms in total. The van der Waals surface area contributed by atoms with Crippen molar-refractivity contribution in [2.24, 2.45) is 11.5 Å². The second-order valence-electron chi connectivity index (χ2n) is 2.33. The van der Waals surface area contributed by atoms with E-state index in [1.165, 1.54) is 0 Å². The Morgan fingerprint density at radius 1 is 1.70 bits per heavy atom. The van der Waals surface area contributed by atoms with E-state index in [0.717, 1.165) is 5.57 Å². The van der Waals surface area contributed by atoms with E-state index in [9.17, 15) is 4.39 Å². The Morgan fingerprint density at radius 3 is 2.90 bits per heavy atom. The molecule has 0 saturated carbocycles. The fourth-order valence-corrected chi connectivity index (χ4v) is 0.897. The zero-order valence-electron chi connectivity index (χ0n) is 5.68. The van der Waals surface area contributed by atoms with Crippen LogP contribution >= 0.6 is 0 Å². The van der Waals surface area contributed by atoms with E-state index in [1.54, 1.807) is 12.2 Å². The number of alkyl halides is 1. The second kappa shape index (κ2) is 2.84. The van der Waals surface area contributed by atoms with E-state index in [2.05, 4.69) is 0 Å². The lowest BCUT2D eigenvalue weighted by atomic mass is 10.0. The van der Waals surface area contributed by atoms with Crippen LogP contribution in [0.25, 0.3) is 0 Å². The number of nitrogens with two attached hydrogens (primary N) is 2. The Bertz CT molecular complexity index is 184. The van der Waals surface area contributed by atoms with Gasteiger partial charge < -0.3 is 11.5 Å². The third-order valence-corrected chi connectivity index (χ3v) is 1.54. The summed E-state index contributed by atoms with van der Waals surface area (Å²) in [6, 6.07) is 0. The van der Waals surface area contributed by atoms with Crippen molar-refractivity contribution in [1.82, 2.24) is 0 Å². The first kappa shape index (κ1) is 7.28. The zero-order valence-corrected chi connectivity index (χ0v) is 5.68. The Balaban J connectivity index is 2.69. The van der Waals surface area contributed by atoms with E-state index < -0.39 is 6.17 Å². The predicted octanol–water partition coefficient (Wildman–Crippen LogP) is 0.456. The third-order valence-electron chi connectivity index (χ3n) is 1.54. The molecule has 0 aliphatic heterocycles. The molecule has 4 N–H and O–H groups in total. The monoisotopic (exact) mass is 142 g/mol. The number of halogens is 1. The topological polar surface area (TPSA) is 52.0 Å². The van der Waals surface area contributed by atoms with E-state index >= 15 is 0 Å². The quantitative estimate of drug-likeness (QED) is 0.558. The number of allylic oxidation sites excluding steroid dienone is 2. The molecule has 1 atom stereocenters. The van der Waals surface area contributed by atoms with Gasteiger partial charge in [0.2, 0.25) is 0 Å². The molecule has 56 valence electrons. The molecular weight excluding hydrogens is 131 g/mol. The highest BCUT2D eigenvalue weighted by molar-refractivity contribution is 5.29. The van der Waals surface area contributed by atoms with Gasteiger partial charge in [-0.3, -0.25) is 0 Å². The van der Waals surface area contributed by atoms with Gasteiger partial charge in [0, 0.05) is 18.7 Å². The SMILES string of the molecule is NCC1=CCC(F)C(N)=C1. The van der Waals surface area contributed by atoms with E-state index in [4.69, 9.17) is 11.5 Å². The van der Waals surface area contributed by atoms with Crippen molar-refractivity contribution in [1.29, 1.82) is 0 Å². The summed E-state index contributed by atoms with van der Waals surface area (Å²) in [6.07, 6.45) is 2.75. The Hall–Kier alpha value is -0.830. The standard InChI is InChI=1S/C7H11FN2/c8-6-2-1-5(4-9)3-7(6)10/h1,3,6H,2,4,9-10H2. The summed E-state index contributed by atoms with van der Waals surface area (Å²) in [7, 11) is 0. The molecule has 1 aliphatic rings. The molecule has 0 fully saturated rings. The molecule has 0 bridgehead atoms. The van der Waals surface area contributed by atoms with Gasteiger partial charge in [-0.15, -0.1) is 0 Å². The van der Waals surface area contributed by atoms with E-state index in [-0.39, 0.29) is 0 Å². The molecule has 0 aromatic rings. The van der Waals surface area contributed by atoms with Crippen molar-refractivity contribution in [3.05, 3.63) is 23.4 Å². The van der Waals surface area contributed by atoms with Gasteiger partial charge in [-0.1, -0.05) is 6.08 Å². The smallest absolute Gasteiger partial charge is 0.143 e. The molecule has 0 saturated heterocycles. The molecule has 0 aromatic heterocycles. The van der Waals surface area contributed by atoms with Crippen molar-refractivity contribution in [2.45, 2.75) is 12.6 Å². The minimum atomic E-state index is -1.00. The summed E-state index contributed by atoms with van der Waals surface area (Å²) < 4.78 is 12.6. The van der Waals surface area contributed by atoms with Crippen LogP contribution in [0.5, 0.6) is 0 Å². The first-order chi connectivity index (χ1) is 4.74. The van der Waals surface area contributed by atoms with Crippen LogP contribution in [0.4, 0.5) is 4.39 Å². The first-order valence-corrected chi connectivity index (χ1v) is 3.24. The molecule has 0 aromatic carbocycles. The minimum Gasteiger partial charge on any atom is -0.400 e. The molecule has 0 amide bonds. The zero-order chi connectivity index (χ0) is 7.56. The Morgan fingerprint density at radius 2 is 2.40 bits per heavy atom. The highest BCUT2D eigenvalue weighted by atomic mass is 19.1. The number of rotatable bonds is 1. The lowest BCUT2D eigenvalue weighted by Crippen LogP contribution is -2.17. The maximum Gasteiger partial charge on any atom is 0.143 e. The largest absolute Gasteiger partial charge is 0.400 e. The fourth-order valence-electron chi connectivity index (χ4n) is 0.897. The van der Waals surface area contributed by atoms with Crippen LogP contribution in [0.3, 0.4) is 0 Å². The molecule has 3 heteroatoms. The van der Waals surface area contributed by atoms with Gasteiger partial charge in [0.15, 0.2) is 0 Å². The van der Waals surface area contributed by atoms with Crippen LogP contribution < -0.4 is 11.5 Å². The van der Waals surface area contributed by atoms with Gasteiger partial charge in [0.05, 0.1) is 0 Å². The average molecular weight is 142 g/mol. The van der Waals surface area contributed by atoms with Crippen LogP contribution in [-0.2, 0) is 0 Å². The summed E-state index contributed by atoms with van der Waals surface area (Å²) in [6.45, 7) is 0.438. The maximum absolute atomic E-state index is 12.6. The molecule has 0 radical (unpaired) electrons. The summed E-state index contributed by atoms with van der Waals surface area (Å²) in [5.74, 6) is 0. The van der Waals surface area contributed by atoms with Crippen molar-refractivity contribution >= 4 is 0 Å². The summed E-state index contributed by atoms with van der Waals surface area (Å²) in [5.41, 5.74) is 11.9. The predicted molar refractivity (Wildman–Crippen MR) is 38.9 cm³/mol. The van der Waals surface area contributed by atoms with Gasteiger partial charge in [-0.2, -0.15) is 0 Å². The van der Waals surface area contributed by atoms with Crippen LogP contribution in [0, 0.1) is 0 Å². The molecule has 0 heterocycles. The van der Waals surface area contributed by atoms with E-state index in [0.29, 0.717) is 18.7 Å².